The van der Waals surface area contributed by atoms with Crippen molar-refractivity contribution in [3.8, 4) is 11.5 Å². The van der Waals surface area contributed by atoms with E-state index < -0.39 is 17.9 Å². The fraction of sp³-hybridized carbons (Fsp3) is 0.286. The summed E-state index contributed by atoms with van der Waals surface area (Å²) in [7, 11) is 4.49. The van der Waals surface area contributed by atoms with Crippen LogP contribution in [-0.4, -0.2) is 45.7 Å². The number of carbonyl (C=O) groups is 3. The molecule has 1 aliphatic heterocycles. The zero-order valence-corrected chi connectivity index (χ0v) is 24.8. The highest BCUT2D eigenvalue weighted by Gasteiger charge is 2.41. The Kier molecular flexibility index (Phi) is 8.95. The second kappa shape index (κ2) is 13.0. The minimum Gasteiger partial charge on any atom is -0.493 e. The molecule has 1 aliphatic carbocycles. The minimum absolute atomic E-state index is 0.0577. The molecule has 1 heterocycles. The number of allylic oxidation sites excluding steroid dienone is 3. The molecule has 3 aromatic carbocycles. The van der Waals surface area contributed by atoms with Crippen LogP contribution in [0.25, 0.3) is 0 Å². The molecular formula is C35H35NO7. The first-order valence-corrected chi connectivity index (χ1v) is 14.2. The normalized spacial score (nSPS) is 18.0. The topological polar surface area (TPSA) is 100 Å². The molecule has 2 aliphatic rings. The van der Waals surface area contributed by atoms with E-state index in [1.165, 1.54) is 7.11 Å². The van der Waals surface area contributed by atoms with Crippen LogP contribution in [0.15, 0.2) is 95.3 Å². The Morgan fingerprint density at radius 2 is 1.53 bits per heavy atom. The maximum Gasteiger partial charge on any atom is 0.337 e. The summed E-state index contributed by atoms with van der Waals surface area (Å²) in [6.07, 6.45) is 1.41. The standard InChI is InChI=1S/C35H35NO7/c1-21-31(35(39)43-17-16-22-8-6-5-7-9-22)32(23-10-12-24(13-11-23)34(38)42-4)33-27(36-21)18-26(19-28(33)37)25-14-15-29(40-2)30(20-25)41-3/h5-15,20,26,32,36H,16-19H2,1-4H3/t26-,32-/m1/s1. The van der Waals surface area contributed by atoms with Crippen LogP contribution in [0.3, 0.4) is 0 Å². The number of ether oxygens (including phenoxy) is 4. The Morgan fingerprint density at radius 3 is 2.21 bits per heavy atom. The minimum atomic E-state index is -0.647. The highest BCUT2D eigenvalue weighted by atomic mass is 16.5. The molecule has 1 N–H and O–H groups in total. The van der Waals surface area contributed by atoms with Gasteiger partial charge in [0.25, 0.3) is 0 Å². The van der Waals surface area contributed by atoms with Crippen molar-refractivity contribution in [2.45, 2.75) is 38.0 Å². The van der Waals surface area contributed by atoms with Crippen molar-refractivity contribution >= 4 is 17.7 Å². The molecule has 0 radical (unpaired) electrons. The first kappa shape index (κ1) is 29.6. The first-order valence-electron chi connectivity index (χ1n) is 14.2. The van der Waals surface area contributed by atoms with Crippen LogP contribution in [0, 0.1) is 0 Å². The van der Waals surface area contributed by atoms with Gasteiger partial charge in [0.05, 0.1) is 39.1 Å². The van der Waals surface area contributed by atoms with Crippen LogP contribution < -0.4 is 14.8 Å². The number of rotatable bonds is 9. The predicted octanol–water partition coefficient (Wildman–Crippen LogP) is 5.64. The molecule has 3 aromatic rings. The fourth-order valence-corrected chi connectivity index (χ4v) is 5.90. The lowest BCUT2D eigenvalue weighted by Gasteiger charge is -2.36. The number of hydrogen-bond donors (Lipinski definition) is 1. The molecule has 2 atom stereocenters. The lowest BCUT2D eigenvalue weighted by atomic mass is 9.71. The molecule has 8 nitrogen and oxygen atoms in total. The van der Waals surface area contributed by atoms with E-state index in [2.05, 4.69) is 5.32 Å². The summed E-state index contributed by atoms with van der Waals surface area (Å²) in [6, 6.07) is 22.3. The zero-order valence-electron chi connectivity index (χ0n) is 24.8. The summed E-state index contributed by atoms with van der Waals surface area (Å²) in [5.74, 6) is -0.519. The number of carbonyl (C=O) groups excluding carboxylic acids is 3. The van der Waals surface area contributed by atoms with E-state index in [9.17, 15) is 14.4 Å². The van der Waals surface area contributed by atoms with Crippen molar-refractivity contribution in [1.29, 1.82) is 0 Å². The molecule has 0 amide bonds. The monoisotopic (exact) mass is 581 g/mol. The second-order valence-corrected chi connectivity index (χ2v) is 10.6. The third-order valence-corrected chi connectivity index (χ3v) is 8.06. The highest BCUT2D eigenvalue weighted by molar-refractivity contribution is 6.04. The molecule has 0 unspecified atom stereocenters. The second-order valence-electron chi connectivity index (χ2n) is 10.6. The number of ketones is 1. The van der Waals surface area contributed by atoms with E-state index in [1.807, 2.05) is 55.5 Å². The third-order valence-electron chi connectivity index (χ3n) is 8.06. The average molecular weight is 582 g/mol. The Balaban J connectivity index is 1.48. The van der Waals surface area contributed by atoms with Gasteiger partial charge in [-0.2, -0.15) is 0 Å². The van der Waals surface area contributed by atoms with Crippen molar-refractivity contribution in [3.05, 3.63) is 118 Å². The number of benzene rings is 3. The molecule has 43 heavy (non-hydrogen) atoms. The summed E-state index contributed by atoms with van der Waals surface area (Å²) >= 11 is 0. The van der Waals surface area contributed by atoms with Gasteiger partial charge in [0.2, 0.25) is 0 Å². The molecule has 0 saturated heterocycles. The van der Waals surface area contributed by atoms with Crippen LogP contribution in [0.2, 0.25) is 0 Å². The molecule has 0 saturated carbocycles. The van der Waals surface area contributed by atoms with Crippen molar-refractivity contribution in [1.82, 2.24) is 5.32 Å². The van der Waals surface area contributed by atoms with Gasteiger partial charge >= 0.3 is 11.9 Å². The molecule has 222 valence electrons. The van der Waals surface area contributed by atoms with Crippen LogP contribution >= 0.6 is 0 Å². The maximum atomic E-state index is 14.0. The van der Waals surface area contributed by atoms with Crippen molar-refractivity contribution in [2.24, 2.45) is 0 Å². The summed E-state index contributed by atoms with van der Waals surface area (Å²) in [4.78, 5) is 39.7. The van der Waals surface area contributed by atoms with Gasteiger partial charge in [-0.15, -0.1) is 0 Å². The number of hydrogen-bond acceptors (Lipinski definition) is 8. The molecule has 0 spiro atoms. The summed E-state index contributed by atoms with van der Waals surface area (Å²) in [5, 5.41) is 3.38. The van der Waals surface area contributed by atoms with Crippen LogP contribution in [-0.2, 0) is 25.5 Å². The number of Topliss-reactive ketones (excluding diaryl/α,β-unsaturated/α-hetero) is 1. The predicted molar refractivity (Wildman–Crippen MR) is 161 cm³/mol. The maximum absolute atomic E-state index is 14.0. The third kappa shape index (κ3) is 6.18. The zero-order chi connectivity index (χ0) is 30.5. The molecular weight excluding hydrogens is 546 g/mol. The number of nitrogens with one attached hydrogen (secondary N) is 1. The van der Waals surface area contributed by atoms with E-state index in [0.717, 1.165) is 16.8 Å². The van der Waals surface area contributed by atoms with Gasteiger partial charge in [-0.25, -0.2) is 9.59 Å². The van der Waals surface area contributed by atoms with Gasteiger partial charge in [0, 0.05) is 35.7 Å². The van der Waals surface area contributed by atoms with E-state index >= 15 is 0 Å². The Hall–Kier alpha value is -4.85. The lowest BCUT2D eigenvalue weighted by Crippen LogP contribution is -2.36. The van der Waals surface area contributed by atoms with Gasteiger partial charge in [-0.3, -0.25) is 4.79 Å². The van der Waals surface area contributed by atoms with Gasteiger partial charge < -0.3 is 24.3 Å². The van der Waals surface area contributed by atoms with Crippen molar-refractivity contribution < 1.29 is 33.3 Å². The van der Waals surface area contributed by atoms with Crippen molar-refractivity contribution in [3.63, 3.8) is 0 Å². The number of methoxy groups -OCH3 is 3. The van der Waals surface area contributed by atoms with Gasteiger partial charge in [0.15, 0.2) is 17.3 Å². The molecule has 0 aromatic heterocycles. The smallest absolute Gasteiger partial charge is 0.337 e. The van der Waals surface area contributed by atoms with Crippen molar-refractivity contribution in [2.75, 3.05) is 27.9 Å². The van der Waals surface area contributed by atoms with Gasteiger partial charge in [0.1, 0.15) is 0 Å². The fourth-order valence-electron chi connectivity index (χ4n) is 5.90. The summed E-state index contributed by atoms with van der Waals surface area (Å²) in [6.45, 7) is 2.03. The Bertz CT molecular complexity index is 1590. The van der Waals surface area contributed by atoms with Gasteiger partial charge in [-0.1, -0.05) is 48.5 Å². The summed E-state index contributed by atoms with van der Waals surface area (Å²) < 4.78 is 21.5. The first-order chi connectivity index (χ1) is 20.8. The van der Waals surface area contributed by atoms with E-state index in [0.29, 0.717) is 52.3 Å². The SMILES string of the molecule is COC(=O)c1ccc([C@@H]2C(C(=O)OCCc3ccccc3)=C(C)NC3=C2C(=O)C[C@H](c2ccc(OC)c(OC)c2)C3)cc1. The summed E-state index contributed by atoms with van der Waals surface area (Å²) in [5.41, 5.74) is 5.46. The molecule has 0 bridgehead atoms. The van der Waals surface area contributed by atoms with Crippen LogP contribution in [0.1, 0.15) is 58.6 Å². The molecule has 8 heteroatoms. The van der Waals surface area contributed by atoms with E-state index in [4.69, 9.17) is 18.9 Å². The van der Waals surface area contributed by atoms with Gasteiger partial charge in [-0.05, 0) is 60.2 Å². The average Bonchev–Trinajstić information content (AvgIpc) is 3.03. The molecule has 0 fully saturated rings. The Morgan fingerprint density at radius 1 is 0.837 bits per heavy atom. The Labute approximate surface area is 251 Å². The van der Waals surface area contributed by atoms with E-state index in [1.54, 1.807) is 38.5 Å². The largest absolute Gasteiger partial charge is 0.493 e. The van der Waals surface area contributed by atoms with Crippen LogP contribution in [0.5, 0.6) is 11.5 Å². The molecule has 5 rings (SSSR count). The highest BCUT2D eigenvalue weighted by Crippen LogP contribution is 2.46. The number of esters is 2. The van der Waals surface area contributed by atoms with E-state index in [-0.39, 0.29) is 24.7 Å². The quantitative estimate of drug-likeness (QED) is 0.324. The number of dihydropyridines is 1. The van der Waals surface area contributed by atoms with Crippen LogP contribution in [0.4, 0.5) is 0 Å². The lowest BCUT2D eigenvalue weighted by molar-refractivity contribution is -0.139.